The summed E-state index contributed by atoms with van der Waals surface area (Å²) in [4.78, 5) is 2.68. The van der Waals surface area contributed by atoms with Crippen molar-refractivity contribution < 1.29 is 4.74 Å². The molecule has 1 aromatic rings. The first-order valence-electron chi connectivity index (χ1n) is 7.52. The van der Waals surface area contributed by atoms with E-state index in [-0.39, 0.29) is 0 Å². The van der Waals surface area contributed by atoms with Crippen molar-refractivity contribution in [3.8, 4) is 5.75 Å². The van der Waals surface area contributed by atoms with Gasteiger partial charge >= 0.3 is 0 Å². The summed E-state index contributed by atoms with van der Waals surface area (Å²) in [7, 11) is 0. The van der Waals surface area contributed by atoms with Crippen molar-refractivity contribution in [1.29, 1.82) is 0 Å². The molecule has 3 rings (SSSR count). The molecule has 104 valence electrons. The van der Waals surface area contributed by atoms with Gasteiger partial charge in [0.2, 0.25) is 0 Å². The summed E-state index contributed by atoms with van der Waals surface area (Å²) in [6, 6.07) is 12.0. The van der Waals surface area contributed by atoms with Gasteiger partial charge < -0.3 is 10.5 Å². The first-order valence-corrected chi connectivity index (χ1v) is 7.52. The van der Waals surface area contributed by atoms with E-state index in [1.54, 1.807) is 0 Å². The summed E-state index contributed by atoms with van der Waals surface area (Å²) < 4.78 is 5.76. The Balaban J connectivity index is 1.41. The molecule has 19 heavy (non-hydrogen) atoms. The highest BCUT2D eigenvalue weighted by Crippen LogP contribution is 2.34. The second-order valence-electron chi connectivity index (χ2n) is 5.87. The van der Waals surface area contributed by atoms with Crippen LogP contribution in [0.5, 0.6) is 5.75 Å². The zero-order valence-corrected chi connectivity index (χ0v) is 11.5. The molecule has 2 saturated heterocycles. The lowest BCUT2D eigenvalue weighted by molar-refractivity contribution is 0.119. The van der Waals surface area contributed by atoms with Gasteiger partial charge in [-0.3, -0.25) is 4.90 Å². The summed E-state index contributed by atoms with van der Waals surface area (Å²) in [6.07, 6.45) is 6.18. The van der Waals surface area contributed by atoms with Crippen molar-refractivity contribution in [1.82, 2.24) is 4.90 Å². The third-order valence-electron chi connectivity index (χ3n) is 4.49. The number of benzene rings is 1. The summed E-state index contributed by atoms with van der Waals surface area (Å²) in [6.45, 7) is 1.97. The summed E-state index contributed by atoms with van der Waals surface area (Å²) in [5, 5.41) is 0. The number of fused-ring (bicyclic) bond motifs is 2. The Morgan fingerprint density at radius 3 is 2.47 bits per heavy atom. The standard InChI is InChI=1S/C16H24N2O/c17-13-11-14-7-8-15(12-13)18(14)9-4-10-19-16-5-2-1-3-6-16/h1-3,5-6,13-15H,4,7-12,17H2. The van der Waals surface area contributed by atoms with E-state index in [1.807, 2.05) is 30.3 Å². The van der Waals surface area contributed by atoms with Gasteiger partial charge in [-0.05, 0) is 44.2 Å². The van der Waals surface area contributed by atoms with E-state index in [9.17, 15) is 0 Å². The Bertz CT molecular complexity index is 381. The van der Waals surface area contributed by atoms with Crippen LogP contribution < -0.4 is 10.5 Å². The third-order valence-corrected chi connectivity index (χ3v) is 4.49. The molecule has 0 saturated carbocycles. The minimum atomic E-state index is 0.439. The number of nitrogens with two attached hydrogens (primary N) is 1. The first-order chi connectivity index (χ1) is 9.33. The number of nitrogens with zero attached hydrogens (tertiary/aromatic N) is 1. The second-order valence-corrected chi connectivity index (χ2v) is 5.87. The van der Waals surface area contributed by atoms with E-state index in [4.69, 9.17) is 10.5 Å². The fourth-order valence-electron chi connectivity index (χ4n) is 3.64. The molecular weight excluding hydrogens is 236 g/mol. The number of rotatable bonds is 5. The molecule has 2 N–H and O–H groups in total. The van der Waals surface area contributed by atoms with Crippen LogP contribution in [0.2, 0.25) is 0 Å². The molecule has 2 aliphatic rings. The number of para-hydroxylation sites is 1. The maximum atomic E-state index is 6.10. The minimum absolute atomic E-state index is 0.439. The summed E-state index contributed by atoms with van der Waals surface area (Å²) >= 11 is 0. The maximum absolute atomic E-state index is 6.10. The highest BCUT2D eigenvalue weighted by atomic mass is 16.5. The molecule has 0 radical (unpaired) electrons. The van der Waals surface area contributed by atoms with Gasteiger partial charge in [0.25, 0.3) is 0 Å². The smallest absolute Gasteiger partial charge is 0.119 e. The molecule has 3 heteroatoms. The number of piperidine rings is 1. The lowest BCUT2D eigenvalue weighted by Crippen LogP contribution is -2.47. The van der Waals surface area contributed by atoms with Crippen molar-refractivity contribution in [3.63, 3.8) is 0 Å². The van der Waals surface area contributed by atoms with Gasteiger partial charge in [-0.1, -0.05) is 18.2 Å². The van der Waals surface area contributed by atoms with Crippen molar-refractivity contribution in [2.75, 3.05) is 13.2 Å². The Morgan fingerprint density at radius 1 is 1.11 bits per heavy atom. The topological polar surface area (TPSA) is 38.5 Å². The fraction of sp³-hybridized carbons (Fsp3) is 0.625. The zero-order chi connectivity index (χ0) is 13.1. The lowest BCUT2D eigenvalue weighted by atomic mass is 9.98. The molecule has 3 nitrogen and oxygen atoms in total. The van der Waals surface area contributed by atoms with Gasteiger partial charge in [-0.25, -0.2) is 0 Å². The molecule has 0 aliphatic carbocycles. The quantitative estimate of drug-likeness (QED) is 0.826. The Hall–Kier alpha value is -1.06. The van der Waals surface area contributed by atoms with Crippen molar-refractivity contribution in [2.45, 2.75) is 50.2 Å². The minimum Gasteiger partial charge on any atom is -0.494 e. The van der Waals surface area contributed by atoms with E-state index in [1.165, 1.54) is 25.7 Å². The highest BCUT2D eigenvalue weighted by Gasteiger charge is 2.38. The van der Waals surface area contributed by atoms with E-state index in [2.05, 4.69) is 4.90 Å². The molecule has 0 aromatic heterocycles. The van der Waals surface area contributed by atoms with Gasteiger partial charge in [-0.2, -0.15) is 0 Å². The number of hydrogen-bond acceptors (Lipinski definition) is 3. The van der Waals surface area contributed by atoms with Crippen LogP contribution in [0.25, 0.3) is 0 Å². The second kappa shape index (κ2) is 5.93. The van der Waals surface area contributed by atoms with Gasteiger partial charge in [0.15, 0.2) is 0 Å². The van der Waals surface area contributed by atoms with Crippen molar-refractivity contribution >= 4 is 0 Å². The van der Waals surface area contributed by atoms with Crippen LogP contribution in [-0.2, 0) is 0 Å². The molecule has 2 bridgehead atoms. The van der Waals surface area contributed by atoms with Crippen molar-refractivity contribution in [2.24, 2.45) is 5.73 Å². The van der Waals surface area contributed by atoms with Gasteiger partial charge in [0.05, 0.1) is 6.61 Å². The molecule has 0 amide bonds. The van der Waals surface area contributed by atoms with Crippen LogP contribution >= 0.6 is 0 Å². The summed E-state index contributed by atoms with van der Waals surface area (Å²) in [5.74, 6) is 0.978. The molecule has 2 aliphatic heterocycles. The monoisotopic (exact) mass is 260 g/mol. The zero-order valence-electron chi connectivity index (χ0n) is 11.5. The van der Waals surface area contributed by atoms with Crippen LogP contribution in [-0.4, -0.2) is 36.2 Å². The maximum Gasteiger partial charge on any atom is 0.119 e. The largest absolute Gasteiger partial charge is 0.494 e. The fourth-order valence-corrected chi connectivity index (χ4v) is 3.64. The predicted octanol–water partition coefficient (Wildman–Crippen LogP) is 2.41. The van der Waals surface area contributed by atoms with E-state index >= 15 is 0 Å². The van der Waals surface area contributed by atoms with Crippen LogP contribution in [0.4, 0.5) is 0 Å². The van der Waals surface area contributed by atoms with E-state index in [0.717, 1.165) is 37.4 Å². The molecule has 0 spiro atoms. The molecule has 2 atom stereocenters. The average molecular weight is 260 g/mol. The molecule has 1 aromatic carbocycles. The van der Waals surface area contributed by atoms with Gasteiger partial charge in [0.1, 0.15) is 5.75 Å². The van der Waals surface area contributed by atoms with Gasteiger partial charge in [0, 0.05) is 24.7 Å². The lowest BCUT2D eigenvalue weighted by Gasteiger charge is -2.37. The van der Waals surface area contributed by atoms with Crippen molar-refractivity contribution in [3.05, 3.63) is 30.3 Å². The third kappa shape index (κ3) is 3.10. The van der Waals surface area contributed by atoms with Crippen LogP contribution in [0.1, 0.15) is 32.1 Å². The SMILES string of the molecule is NC1CC2CCC(C1)N2CCCOc1ccccc1. The number of ether oxygens (including phenoxy) is 1. The predicted molar refractivity (Wildman–Crippen MR) is 77.3 cm³/mol. The number of hydrogen-bond donors (Lipinski definition) is 1. The molecule has 2 fully saturated rings. The van der Waals surface area contributed by atoms with Crippen LogP contribution in [0, 0.1) is 0 Å². The average Bonchev–Trinajstić information content (AvgIpc) is 2.67. The summed E-state index contributed by atoms with van der Waals surface area (Å²) in [5.41, 5.74) is 6.10. The molecule has 2 heterocycles. The van der Waals surface area contributed by atoms with Gasteiger partial charge in [-0.15, -0.1) is 0 Å². The Labute approximate surface area is 115 Å². The van der Waals surface area contributed by atoms with E-state index < -0.39 is 0 Å². The normalized spacial score (nSPS) is 30.5. The van der Waals surface area contributed by atoms with E-state index in [0.29, 0.717) is 6.04 Å². The molecular formula is C16H24N2O. The van der Waals surface area contributed by atoms with Crippen LogP contribution in [0.3, 0.4) is 0 Å². The Kier molecular flexibility index (Phi) is 4.04. The molecule has 2 unspecified atom stereocenters. The highest BCUT2D eigenvalue weighted by molar-refractivity contribution is 5.20. The Morgan fingerprint density at radius 2 is 1.79 bits per heavy atom. The first kappa shape index (κ1) is 12.9. The van der Waals surface area contributed by atoms with Crippen LogP contribution in [0.15, 0.2) is 30.3 Å².